The molecule has 1 N–H and O–H groups in total. The number of halogens is 1. The van der Waals surface area contributed by atoms with Gasteiger partial charge in [-0.2, -0.15) is 0 Å². The third-order valence-corrected chi connectivity index (χ3v) is 4.16. The molecule has 1 aromatic carbocycles. The van der Waals surface area contributed by atoms with Crippen LogP contribution in [0.15, 0.2) is 40.2 Å². The van der Waals surface area contributed by atoms with Crippen LogP contribution < -0.4 is 10.1 Å². The predicted octanol–water partition coefficient (Wildman–Crippen LogP) is 4.37. The van der Waals surface area contributed by atoms with E-state index in [1.54, 1.807) is 11.3 Å². The zero-order valence-corrected chi connectivity index (χ0v) is 12.8. The number of ether oxygens (including phenoxy) is 1. The predicted molar refractivity (Wildman–Crippen MR) is 80.3 cm³/mol. The van der Waals surface area contributed by atoms with Gasteiger partial charge in [0.1, 0.15) is 12.4 Å². The lowest BCUT2D eigenvalue weighted by molar-refractivity contribution is 0.303. The molecule has 0 bridgehead atoms. The molecule has 4 heteroatoms. The highest BCUT2D eigenvalue weighted by atomic mass is 79.9. The van der Waals surface area contributed by atoms with E-state index in [2.05, 4.69) is 45.7 Å². The van der Waals surface area contributed by atoms with Gasteiger partial charge >= 0.3 is 0 Å². The van der Waals surface area contributed by atoms with Gasteiger partial charge in [0, 0.05) is 21.0 Å². The van der Waals surface area contributed by atoms with E-state index in [-0.39, 0.29) is 6.04 Å². The topological polar surface area (TPSA) is 21.3 Å². The van der Waals surface area contributed by atoms with Crippen LogP contribution in [0.25, 0.3) is 0 Å². The molecule has 0 saturated heterocycles. The largest absolute Gasteiger partial charge is 0.488 e. The van der Waals surface area contributed by atoms with Crippen LogP contribution >= 0.6 is 27.3 Å². The summed E-state index contributed by atoms with van der Waals surface area (Å²) in [5.74, 6) is 0.938. The SMILES string of the molecule is CNC(C)c1cc(Br)ccc1OCc1cccs1. The minimum Gasteiger partial charge on any atom is -0.488 e. The molecule has 0 aliphatic heterocycles. The van der Waals surface area contributed by atoms with Crippen LogP contribution in [0, 0.1) is 0 Å². The maximum atomic E-state index is 5.91. The molecule has 0 spiro atoms. The van der Waals surface area contributed by atoms with Gasteiger partial charge in [-0.1, -0.05) is 22.0 Å². The number of hydrogen-bond acceptors (Lipinski definition) is 3. The van der Waals surface area contributed by atoms with Crippen molar-refractivity contribution in [2.45, 2.75) is 19.6 Å². The van der Waals surface area contributed by atoms with Crippen molar-refractivity contribution >= 4 is 27.3 Å². The monoisotopic (exact) mass is 325 g/mol. The molecule has 0 fully saturated rings. The third kappa shape index (κ3) is 3.34. The molecule has 2 nitrogen and oxygen atoms in total. The normalized spacial score (nSPS) is 12.4. The molecule has 1 atom stereocenters. The minimum absolute atomic E-state index is 0.265. The fraction of sp³-hybridized carbons (Fsp3) is 0.286. The number of thiophene rings is 1. The van der Waals surface area contributed by atoms with Gasteiger partial charge in [-0.05, 0) is 43.6 Å². The van der Waals surface area contributed by atoms with Crippen LogP contribution in [-0.4, -0.2) is 7.05 Å². The Hall–Kier alpha value is -0.840. The Morgan fingerprint density at radius 2 is 2.22 bits per heavy atom. The summed E-state index contributed by atoms with van der Waals surface area (Å²) in [6.07, 6.45) is 0. The summed E-state index contributed by atoms with van der Waals surface area (Å²) in [5.41, 5.74) is 1.17. The Bertz CT molecular complexity index is 499. The molecule has 0 radical (unpaired) electrons. The average Bonchev–Trinajstić information content (AvgIpc) is 2.89. The molecule has 0 amide bonds. The highest BCUT2D eigenvalue weighted by Crippen LogP contribution is 2.29. The van der Waals surface area contributed by atoms with Crippen LogP contribution in [0.1, 0.15) is 23.4 Å². The van der Waals surface area contributed by atoms with E-state index in [0.717, 1.165) is 10.2 Å². The summed E-state index contributed by atoms with van der Waals surface area (Å²) in [4.78, 5) is 1.24. The van der Waals surface area contributed by atoms with Crippen molar-refractivity contribution in [3.63, 3.8) is 0 Å². The Labute approximate surface area is 120 Å². The lowest BCUT2D eigenvalue weighted by Crippen LogP contribution is -2.13. The first-order valence-corrected chi connectivity index (χ1v) is 7.50. The minimum atomic E-state index is 0.265. The number of nitrogens with one attached hydrogen (secondary N) is 1. The first-order chi connectivity index (χ1) is 8.70. The van der Waals surface area contributed by atoms with E-state index in [1.807, 2.05) is 25.2 Å². The van der Waals surface area contributed by atoms with Gasteiger partial charge in [-0.25, -0.2) is 0 Å². The Balaban J connectivity index is 2.16. The Morgan fingerprint density at radius 3 is 2.89 bits per heavy atom. The van der Waals surface area contributed by atoms with Gasteiger partial charge in [0.15, 0.2) is 0 Å². The maximum Gasteiger partial charge on any atom is 0.124 e. The molecule has 96 valence electrons. The summed E-state index contributed by atoms with van der Waals surface area (Å²) in [6.45, 7) is 2.75. The average molecular weight is 326 g/mol. The number of hydrogen-bond donors (Lipinski definition) is 1. The fourth-order valence-corrected chi connectivity index (χ4v) is 2.68. The van der Waals surface area contributed by atoms with Gasteiger partial charge in [-0.3, -0.25) is 0 Å². The van der Waals surface area contributed by atoms with E-state index in [0.29, 0.717) is 6.61 Å². The van der Waals surface area contributed by atoms with Crippen molar-refractivity contribution in [3.8, 4) is 5.75 Å². The molecule has 1 heterocycles. The molecule has 1 aromatic heterocycles. The van der Waals surface area contributed by atoms with Crippen LogP contribution in [0.2, 0.25) is 0 Å². The molecule has 0 aliphatic rings. The Morgan fingerprint density at radius 1 is 1.39 bits per heavy atom. The summed E-state index contributed by atoms with van der Waals surface area (Å²) in [7, 11) is 1.95. The van der Waals surface area contributed by atoms with Gasteiger partial charge in [-0.15, -0.1) is 11.3 Å². The number of benzene rings is 1. The quantitative estimate of drug-likeness (QED) is 0.881. The second-order valence-corrected chi connectivity index (χ2v) is 6.01. The van der Waals surface area contributed by atoms with Crippen molar-refractivity contribution in [3.05, 3.63) is 50.6 Å². The van der Waals surface area contributed by atoms with E-state index >= 15 is 0 Å². The zero-order chi connectivity index (χ0) is 13.0. The molecular weight excluding hydrogens is 310 g/mol. The van der Waals surface area contributed by atoms with Crippen molar-refractivity contribution in [1.82, 2.24) is 5.32 Å². The van der Waals surface area contributed by atoms with Crippen LogP contribution in [0.3, 0.4) is 0 Å². The third-order valence-electron chi connectivity index (χ3n) is 2.82. The lowest BCUT2D eigenvalue weighted by atomic mass is 10.1. The van der Waals surface area contributed by atoms with Crippen LogP contribution in [0.5, 0.6) is 5.75 Å². The van der Waals surface area contributed by atoms with Gasteiger partial charge in [0.2, 0.25) is 0 Å². The first kappa shape index (κ1) is 13.6. The summed E-state index contributed by atoms with van der Waals surface area (Å²) >= 11 is 5.22. The van der Waals surface area contributed by atoms with Crippen molar-refractivity contribution in [2.75, 3.05) is 7.05 Å². The van der Waals surface area contributed by atoms with E-state index in [1.165, 1.54) is 10.4 Å². The zero-order valence-electron chi connectivity index (χ0n) is 10.4. The smallest absolute Gasteiger partial charge is 0.124 e. The standard InChI is InChI=1S/C14H16BrNOS/c1-10(16-2)13-8-11(15)5-6-14(13)17-9-12-4-3-7-18-12/h3-8,10,16H,9H2,1-2H3. The van der Waals surface area contributed by atoms with Gasteiger partial charge in [0.25, 0.3) is 0 Å². The molecule has 2 aromatic rings. The molecule has 1 unspecified atom stereocenters. The molecule has 0 aliphatic carbocycles. The lowest BCUT2D eigenvalue weighted by Gasteiger charge is -2.16. The number of rotatable bonds is 5. The molecule has 0 saturated carbocycles. The second-order valence-electron chi connectivity index (χ2n) is 4.06. The van der Waals surface area contributed by atoms with E-state index < -0.39 is 0 Å². The van der Waals surface area contributed by atoms with Crippen molar-refractivity contribution in [2.24, 2.45) is 0 Å². The fourth-order valence-electron chi connectivity index (χ4n) is 1.69. The highest BCUT2D eigenvalue weighted by molar-refractivity contribution is 9.10. The van der Waals surface area contributed by atoms with Gasteiger partial charge in [0.05, 0.1) is 0 Å². The first-order valence-electron chi connectivity index (χ1n) is 5.82. The van der Waals surface area contributed by atoms with Crippen LogP contribution in [-0.2, 0) is 6.61 Å². The molecule has 18 heavy (non-hydrogen) atoms. The molecule has 2 rings (SSSR count). The summed E-state index contributed by atoms with van der Waals surface area (Å²) < 4.78 is 6.98. The maximum absolute atomic E-state index is 5.91. The highest BCUT2D eigenvalue weighted by Gasteiger charge is 2.11. The second kappa shape index (κ2) is 6.36. The molecular formula is C14H16BrNOS. The van der Waals surface area contributed by atoms with E-state index in [4.69, 9.17) is 4.74 Å². The van der Waals surface area contributed by atoms with Crippen molar-refractivity contribution in [1.29, 1.82) is 0 Å². The Kier molecular flexibility index (Phi) is 4.80. The summed E-state index contributed by atoms with van der Waals surface area (Å²) in [6, 6.07) is 10.5. The van der Waals surface area contributed by atoms with Crippen molar-refractivity contribution < 1.29 is 4.74 Å². The van der Waals surface area contributed by atoms with Gasteiger partial charge < -0.3 is 10.1 Å². The summed E-state index contributed by atoms with van der Waals surface area (Å²) in [5, 5.41) is 5.31. The van der Waals surface area contributed by atoms with Crippen LogP contribution in [0.4, 0.5) is 0 Å². The van der Waals surface area contributed by atoms with E-state index in [9.17, 15) is 0 Å².